The highest BCUT2D eigenvalue weighted by atomic mass is 19.1. The molecule has 1 aromatic carbocycles. The molecular formula is C16H18FN3. The topological polar surface area (TPSA) is 42.2 Å². The number of hydrogen-bond donors (Lipinski definition) is 1. The average Bonchev–Trinajstić information content (AvgIpc) is 2.80. The smallest absolute Gasteiger partial charge is 0.152 e. The summed E-state index contributed by atoms with van der Waals surface area (Å²) in [6, 6.07) is 11.8. The standard InChI is InChI=1S/C16H18FN3/c1-16(17)8-10-20(11-16)15-14(18)13(7-9-19-15)12-5-3-2-4-6-12/h2-7,9H,8,10-11,18H2,1H3. The largest absolute Gasteiger partial charge is 0.395 e. The second-order valence-corrected chi connectivity index (χ2v) is 5.55. The van der Waals surface area contributed by atoms with Gasteiger partial charge in [0, 0.05) is 24.7 Å². The van der Waals surface area contributed by atoms with Gasteiger partial charge in [-0.05, 0) is 18.6 Å². The van der Waals surface area contributed by atoms with Crippen LogP contribution in [-0.4, -0.2) is 23.7 Å². The van der Waals surface area contributed by atoms with Crippen LogP contribution in [0.4, 0.5) is 15.9 Å². The number of halogens is 1. The van der Waals surface area contributed by atoms with Crippen LogP contribution in [-0.2, 0) is 0 Å². The lowest BCUT2D eigenvalue weighted by atomic mass is 10.1. The second kappa shape index (κ2) is 4.78. The summed E-state index contributed by atoms with van der Waals surface area (Å²) in [4.78, 5) is 6.28. The minimum Gasteiger partial charge on any atom is -0.395 e. The highest BCUT2D eigenvalue weighted by Gasteiger charge is 2.35. The van der Waals surface area contributed by atoms with Gasteiger partial charge in [-0.3, -0.25) is 0 Å². The van der Waals surface area contributed by atoms with Crippen LogP contribution in [0.25, 0.3) is 11.1 Å². The maximum absolute atomic E-state index is 14.0. The highest BCUT2D eigenvalue weighted by Crippen LogP contribution is 2.35. The van der Waals surface area contributed by atoms with Gasteiger partial charge in [0.05, 0.1) is 12.2 Å². The van der Waals surface area contributed by atoms with Crippen LogP contribution >= 0.6 is 0 Å². The summed E-state index contributed by atoms with van der Waals surface area (Å²) >= 11 is 0. The van der Waals surface area contributed by atoms with E-state index in [-0.39, 0.29) is 0 Å². The molecule has 1 aliphatic heterocycles. The Labute approximate surface area is 118 Å². The Morgan fingerprint density at radius 1 is 1.25 bits per heavy atom. The van der Waals surface area contributed by atoms with Gasteiger partial charge in [0.1, 0.15) is 5.67 Å². The van der Waals surface area contributed by atoms with Crippen molar-refractivity contribution in [2.45, 2.75) is 19.0 Å². The van der Waals surface area contributed by atoms with Crippen LogP contribution in [0.5, 0.6) is 0 Å². The molecule has 20 heavy (non-hydrogen) atoms. The molecule has 3 rings (SSSR count). The minimum absolute atomic E-state index is 0.350. The molecule has 1 unspecified atom stereocenters. The summed E-state index contributed by atoms with van der Waals surface area (Å²) < 4.78 is 14.0. The van der Waals surface area contributed by atoms with Crippen LogP contribution in [0.2, 0.25) is 0 Å². The molecule has 0 saturated carbocycles. The number of anilines is 2. The van der Waals surface area contributed by atoms with E-state index in [2.05, 4.69) is 4.98 Å². The fourth-order valence-electron chi connectivity index (χ4n) is 2.69. The maximum Gasteiger partial charge on any atom is 0.152 e. The third kappa shape index (κ3) is 2.33. The third-order valence-electron chi connectivity index (χ3n) is 3.78. The molecule has 1 saturated heterocycles. The van der Waals surface area contributed by atoms with Crippen molar-refractivity contribution in [3.8, 4) is 11.1 Å². The zero-order valence-corrected chi connectivity index (χ0v) is 11.5. The zero-order valence-electron chi connectivity index (χ0n) is 11.5. The van der Waals surface area contributed by atoms with Gasteiger partial charge < -0.3 is 10.6 Å². The molecule has 3 nitrogen and oxygen atoms in total. The second-order valence-electron chi connectivity index (χ2n) is 5.55. The van der Waals surface area contributed by atoms with Gasteiger partial charge in [-0.1, -0.05) is 30.3 Å². The molecule has 0 amide bonds. The summed E-state index contributed by atoms with van der Waals surface area (Å²) in [7, 11) is 0. The Hall–Kier alpha value is -2.10. The van der Waals surface area contributed by atoms with E-state index < -0.39 is 5.67 Å². The maximum atomic E-state index is 14.0. The van der Waals surface area contributed by atoms with Crippen molar-refractivity contribution in [2.75, 3.05) is 23.7 Å². The Morgan fingerprint density at radius 3 is 2.65 bits per heavy atom. The van der Waals surface area contributed by atoms with Gasteiger partial charge in [-0.25, -0.2) is 9.37 Å². The van der Waals surface area contributed by atoms with Crippen molar-refractivity contribution in [2.24, 2.45) is 0 Å². The Kier molecular flexibility index (Phi) is 3.08. The number of alkyl halides is 1. The minimum atomic E-state index is -1.16. The molecule has 1 aromatic heterocycles. The first-order valence-electron chi connectivity index (χ1n) is 6.81. The Bertz CT molecular complexity index is 610. The zero-order chi connectivity index (χ0) is 14.2. The van der Waals surface area contributed by atoms with E-state index in [9.17, 15) is 4.39 Å². The first-order valence-corrected chi connectivity index (χ1v) is 6.81. The number of nitrogens with two attached hydrogens (primary N) is 1. The van der Waals surface area contributed by atoms with Crippen LogP contribution in [0.3, 0.4) is 0 Å². The first kappa shape index (κ1) is 12.9. The van der Waals surface area contributed by atoms with Crippen LogP contribution in [0.15, 0.2) is 42.6 Å². The predicted molar refractivity (Wildman–Crippen MR) is 80.4 cm³/mol. The van der Waals surface area contributed by atoms with Gasteiger partial charge in [0.25, 0.3) is 0 Å². The van der Waals surface area contributed by atoms with Crippen molar-refractivity contribution in [3.63, 3.8) is 0 Å². The molecule has 1 fully saturated rings. The molecule has 2 N–H and O–H groups in total. The molecular weight excluding hydrogens is 253 g/mol. The molecule has 4 heteroatoms. The van der Waals surface area contributed by atoms with Crippen LogP contribution in [0, 0.1) is 0 Å². The molecule has 0 bridgehead atoms. The van der Waals surface area contributed by atoms with Crippen molar-refractivity contribution in [3.05, 3.63) is 42.6 Å². The quantitative estimate of drug-likeness (QED) is 0.911. The summed E-state index contributed by atoms with van der Waals surface area (Å²) in [5, 5.41) is 0. The van der Waals surface area contributed by atoms with Crippen molar-refractivity contribution in [1.29, 1.82) is 0 Å². The number of hydrogen-bond acceptors (Lipinski definition) is 3. The molecule has 0 radical (unpaired) electrons. The third-order valence-corrected chi connectivity index (χ3v) is 3.78. The SMILES string of the molecule is CC1(F)CCN(c2nccc(-c3ccccc3)c2N)C1. The number of pyridine rings is 1. The lowest BCUT2D eigenvalue weighted by Crippen LogP contribution is -2.27. The monoisotopic (exact) mass is 271 g/mol. The van der Waals surface area contributed by atoms with E-state index in [0.29, 0.717) is 31.0 Å². The fraction of sp³-hybridized carbons (Fsp3) is 0.312. The summed E-state index contributed by atoms with van der Waals surface area (Å²) in [5.74, 6) is 0.688. The van der Waals surface area contributed by atoms with Gasteiger partial charge >= 0.3 is 0 Å². The number of benzene rings is 1. The van der Waals surface area contributed by atoms with Crippen molar-refractivity contribution in [1.82, 2.24) is 4.98 Å². The van der Waals surface area contributed by atoms with Crippen molar-refractivity contribution < 1.29 is 4.39 Å². The fourth-order valence-corrected chi connectivity index (χ4v) is 2.69. The van der Waals surface area contributed by atoms with Gasteiger partial charge in [-0.15, -0.1) is 0 Å². The van der Waals surface area contributed by atoms with E-state index in [1.54, 1.807) is 13.1 Å². The predicted octanol–water partition coefficient (Wildman–Crippen LogP) is 3.27. The molecule has 1 atom stereocenters. The molecule has 0 aliphatic carbocycles. The Morgan fingerprint density at radius 2 is 2.00 bits per heavy atom. The van der Waals surface area contributed by atoms with E-state index in [1.807, 2.05) is 41.3 Å². The number of rotatable bonds is 2. The summed E-state index contributed by atoms with van der Waals surface area (Å²) in [6.45, 7) is 2.63. The normalized spacial score (nSPS) is 22.2. The van der Waals surface area contributed by atoms with E-state index >= 15 is 0 Å². The first-order chi connectivity index (χ1) is 9.57. The highest BCUT2D eigenvalue weighted by molar-refractivity contribution is 5.83. The van der Waals surface area contributed by atoms with Crippen LogP contribution < -0.4 is 10.6 Å². The lowest BCUT2D eigenvalue weighted by Gasteiger charge is -2.21. The van der Waals surface area contributed by atoms with E-state index in [1.165, 1.54) is 0 Å². The van der Waals surface area contributed by atoms with Gasteiger partial charge in [0.2, 0.25) is 0 Å². The number of nitrogen functional groups attached to an aromatic ring is 1. The van der Waals surface area contributed by atoms with Gasteiger partial charge in [-0.2, -0.15) is 0 Å². The molecule has 0 spiro atoms. The van der Waals surface area contributed by atoms with Crippen molar-refractivity contribution >= 4 is 11.5 Å². The summed E-state index contributed by atoms with van der Waals surface area (Å²) in [5.41, 5.74) is 7.72. The van der Waals surface area contributed by atoms with E-state index in [4.69, 9.17) is 5.73 Å². The number of nitrogens with zero attached hydrogens (tertiary/aromatic N) is 2. The van der Waals surface area contributed by atoms with Crippen LogP contribution in [0.1, 0.15) is 13.3 Å². The summed E-state index contributed by atoms with van der Waals surface area (Å²) in [6.07, 6.45) is 2.26. The molecule has 1 aliphatic rings. The lowest BCUT2D eigenvalue weighted by molar-refractivity contribution is 0.221. The number of aromatic nitrogens is 1. The molecule has 104 valence electrons. The van der Waals surface area contributed by atoms with E-state index in [0.717, 1.165) is 11.1 Å². The van der Waals surface area contributed by atoms with Gasteiger partial charge in [0.15, 0.2) is 5.82 Å². The average molecular weight is 271 g/mol. The molecule has 2 heterocycles. The Balaban J connectivity index is 1.99. The molecule has 2 aromatic rings.